The maximum atomic E-state index is 11.7. The highest BCUT2D eigenvalue weighted by atomic mass is 79.9. The molecule has 0 heterocycles. The van der Waals surface area contributed by atoms with E-state index in [4.69, 9.17) is 9.47 Å². The smallest absolute Gasteiger partial charge is 0.230 e. The molecule has 0 unspecified atom stereocenters. The molecule has 1 aromatic rings. The van der Waals surface area contributed by atoms with Gasteiger partial charge in [0.05, 0.1) is 24.4 Å². The lowest BCUT2D eigenvalue weighted by atomic mass is 10.2. The van der Waals surface area contributed by atoms with E-state index in [-0.39, 0.29) is 11.9 Å². The molecule has 6 heteroatoms. The van der Waals surface area contributed by atoms with Crippen molar-refractivity contribution in [3.8, 4) is 11.5 Å². The Hall–Kier alpha value is -0.880. The van der Waals surface area contributed by atoms with Crippen LogP contribution in [0.15, 0.2) is 16.6 Å². The molecule has 1 rings (SSSR count). The summed E-state index contributed by atoms with van der Waals surface area (Å²) < 4.78 is 11.5. The Labute approximate surface area is 139 Å². The third-order valence-electron chi connectivity index (χ3n) is 3.07. The Morgan fingerprint density at radius 2 is 2.00 bits per heavy atom. The number of hydrogen-bond donors (Lipinski definition) is 1. The molecular weight excluding hydrogens is 354 g/mol. The number of nitrogens with one attached hydrogen (secondary N) is 1. The molecule has 0 aliphatic rings. The highest BCUT2D eigenvalue weighted by Crippen LogP contribution is 2.34. The van der Waals surface area contributed by atoms with Crippen molar-refractivity contribution in [3.05, 3.63) is 22.2 Å². The fourth-order valence-corrected chi connectivity index (χ4v) is 3.01. The predicted octanol–water partition coefficient (Wildman–Crippen LogP) is 3.61. The molecule has 0 saturated carbocycles. The average molecular weight is 376 g/mol. The first-order valence-electron chi connectivity index (χ1n) is 6.79. The van der Waals surface area contributed by atoms with Crippen LogP contribution in [0.4, 0.5) is 0 Å². The first-order valence-corrected chi connectivity index (χ1v) is 8.74. The van der Waals surface area contributed by atoms with Crippen LogP contribution < -0.4 is 14.8 Å². The maximum absolute atomic E-state index is 11.7. The van der Waals surface area contributed by atoms with E-state index < -0.39 is 0 Å². The van der Waals surface area contributed by atoms with Gasteiger partial charge in [-0.3, -0.25) is 4.79 Å². The van der Waals surface area contributed by atoms with Crippen LogP contribution in [0, 0.1) is 0 Å². The molecular formula is C15H22BrNO3S. The van der Waals surface area contributed by atoms with Crippen molar-refractivity contribution in [2.75, 3.05) is 20.0 Å². The number of carbonyl (C=O) groups is 1. The molecule has 0 spiro atoms. The van der Waals surface area contributed by atoms with Gasteiger partial charge in [-0.1, -0.05) is 6.92 Å². The van der Waals surface area contributed by atoms with Crippen molar-refractivity contribution in [2.24, 2.45) is 0 Å². The highest BCUT2D eigenvalue weighted by Gasteiger charge is 2.11. The van der Waals surface area contributed by atoms with E-state index in [2.05, 4.69) is 28.2 Å². The third kappa shape index (κ3) is 5.79. The molecule has 0 aromatic heterocycles. The average Bonchev–Trinajstić information content (AvgIpc) is 2.47. The van der Waals surface area contributed by atoms with Crippen molar-refractivity contribution in [1.29, 1.82) is 0 Å². The second-order valence-electron chi connectivity index (χ2n) is 4.67. The number of amides is 1. The number of ether oxygens (including phenoxy) is 2. The van der Waals surface area contributed by atoms with Crippen molar-refractivity contribution < 1.29 is 14.3 Å². The van der Waals surface area contributed by atoms with Crippen LogP contribution in [0.2, 0.25) is 0 Å². The first-order chi connectivity index (χ1) is 10.0. The number of hydrogen-bond acceptors (Lipinski definition) is 4. The van der Waals surface area contributed by atoms with Gasteiger partial charge in [-0.2, -0.15) is 0 Å². The van der Waals surface area contributed by atoms with Crippen molar-refractivity contribution in [1.82, 2.24) is 5.32 Å². The number of thioether (sulfide) groups is 1. The fourth-order valence-electron chi connectivity index (χ4n) is 1.71. The minimum atomic E-state index is 0.0670. The normalized spacial score (nSPS) is 11.9. The minimum Gasteiger partial charge on any atom is -0.496 e. The molecule has 1 amide bonds. The van der Waals surface area contributed by atoms with Crippen LogP contribution in [0.1, 0.15) is 25.8 Å². The molecule has 0 aliphatic heterocycles. The van der Waals surface area contributed by atoms with Crippen LogP contribution in [-0.2, 0) is 10.5 Å². The summed E-state index contributed by atoms with van der Waals surface area (Å²) >= 11 is 4.99. The topological polar surface area (TPSA) is 47.6 Å². The van der Waals surface area contributed by atoms with Gasteiger partial charge in [0.25, 0.3) is 0 Å². The summed E-state index contributed by atoms with van der Waals surface area (Å²) in [7, 11) is 3.27. The van der Waals surface area contributed by atoms with Crippen molar-refractivity contribution in [2.45, 2.75) is 32.1 Å². The Morgan fingerprint density at radius 3 is 2.57 bits per heavy atom. The number of carbonyl (C=O) groups excluding carboxylic acids is 1. The van der Waals surface area contributed by atoms with E-state index in [1.54, 1.807) is 26.0 Å². The van der Waals surface area contributed by atoms with Gasteiger partial charge < -0.3 is 14.8 Å². The molecule has 0 bridgehead atoms. The lowest BCUT2D eigenvalue weighted by Crippen LogP contribution is -2.33. The van der Waals surface area contributed by atoms with E-state index in [9.17, 15) is 4.79 Å². The Morgan fingerprint density at radius 1 is 1.33 bits per heavy atom. The SMILES string of the molecule is CC[C@@H](C)NC(=O)CSCc1cc(OC)c(Br)cc1OC. The number of rotatable bonds is 8. The second-order valence-corrected chi connectivity index (χ2v) is 6.51. The summed E-state index contributed by atoms with van der Waals surface area (Å²) in [5.74, 6) is 2.75. The second kappa shape index (κ2) is 9.20. The molecule has 0 fully saturated rings. The molecule has 4 nitrogen and oxygen atoms in total. The molecule has 1 atom stereocenters. The Balaban J connectivity index is 2.60. The third-order valence-corrected chi connectivity index (χ3v) is 4.67. The van der Waals surface area contributed by atoms with Gasteiger partial charge in [-0.25, -0.2) is 0 Å². The van der Waals surface area contributed by atoms with Gasteiger partial charge in [0.15, 0.2) is 0 Å². The van der Waals surface area contributed by atoms with Crippen LogP contribution in [0.5, 0.6) is 11.5 Å². The van der Waals surface area contributed by atoms with Crippen LogP contribution >= 0.6 is 27.7 Å². The molecule has 0 aliphatic carbocycles. The van der Waals surface area contributed by atoms with Crippen molar-refractivity contribution in [3.63, 3.8) is 0 Å². The zero-order valence-electron chi connectivity index (χ0n) is 12.9. The van der Waals surface area contributed by atoms with Gasteiger partial charge in [0, 0.05) is 17.4 Å². The number of halogens is 1. The monoisotopic (exact) mass is 375 g/mol. The fraction of sp³-hybridized carbons (Fsp3) is 0.533. The Bertz CT molecular complexity index is 482. The lowest BCUT2D eigenvalue weighted by Gasteiger charge is -2.13. The van der Waals surface area contributed by atoms with Gasteiger partial charge in [-0.05, 0) is 41.4 Å². The number of methoxy groups -OCH3 is 2. The molecule has 1 aromatic carbocycles. The summed E-state index contributed by atoms with van der Waals surface area (Å²) in [6, 6.07) is 4.04. The number of benzene rings is 1. The summed E-state index contributed by atoms with van der Waals surface area (Å²) in [6.07, 6.45) is 0.939. The summed E-state index contributed by atoms with van der Waals surface area (Å²) in [5.41, 5.74) is 1.01. The molecule has 0 radical (unpaired) electrons. The Kier molecular flexibility index (Phi) is 7.96. The molecule has 21 heavy (non-hydrogen) atoms. The lowest BCUT2D eigenvalue weighted by molar-refractivity contribution is -0.119. The van der Waals surface area contributed by atoms with Gasteiger partial charge >= 0.3 is 0 Å². The van der Waals surface area contributed by atoms with Crippen LogP contribution in [-0.4, -0.2) is 31.9 Å². The predicted molar refractivity (Wildman–Crippen MR) is 91.3 cm³/mol. The minimum absolute atomic E-state index is 0.0670. The molecule has 1 N–H and O–H groups in total. The van der Waals surface area contributed by atoms with Crippen molar-refractivity contribution >= 4 is 33.6 Å². The summed E-state index contributed by atoms with van der Waals surface area (Å²) in [6.45, 7) is 4.06. The van der Waals surface area contributed by atoms with Crippen LogP contribution in [0.3, 0.4) is 0 Å². The van der Waals surface area contributed by atoms with Gasteiger partial charge in [-0.15, -0.1) is 11.8 Å². The summed E-state index contributed by atoms with van der Waals surface area (Å²) in [5, 5.41) is 2.95. The van der Waals surface area contributed by atoms with E-state index in [1.165, 1.54) is 0 Å². The zero-order valence-corrected chi connectivity index (χ0v) is 15.3. The quantitative estimate of drug-likeness (QED) is 0.753. The first kappa shape index (κ1) is 18.2. The van der Waals surface area contributed by atoms with E-state index >= 15 is 0 Å². The maximum Gasteiger partial charge on any atom is 0.230 e. The molecule has 0 saturated heterocycles. The van der Waals surface area contributed by atoms with E-state index in [1.807, 2.05) is 19.1 Å². The van der Waals surface area contributed by atoms with Gasteiger partial charge in [0.1, 0.15) is 11.5 Å². The highest BCUT2D eigenvalue weighted by molar-refractivity contribution is 9.10. The van der Waals surface area contributed by atoms with E-state index in [0.29, 0.717) is 11.5 Å². The summed E-state index contributed by atoms with van der Waals surface area (Å²) in [4.78, 5) is 11.7. The van der Waals surface area contributed by atoms with E-state index in [0.717, 1.165) is 28.0 Å². The van der Waals surface area contributed by atoms with Crippen LogP contribution in [0.25, 0.3) is 0 Å². The zero-order chi connectivity index (χ0) is 15.8. The largest absolute Gasteiger partial charge is 0.496 e. The molecule has 118 valence electrons. The standard InChI is InChI=1S/C15H22BrNO3S/c1-5-10(2)17-15(18)9-21-8-11-6-14(20-4)12(16)7-13(11)19-3/h6-7,10H,5,8-9H2,1-4H3,(H,17,18)/t10-/m1/s1. The van der Waals surface area contributed by atoms with Gasteiger partial charge in [0.2, 0.25) is 5.91 Å².